The zero-order chi connectivity index (χ0) is 18.7. The van der Waals surface area contributed by atoms with E-state index in [1.54, 1.807) is 12.1 Å². The topological polar surface area (TPSA) is 90.4 Å². The van der Waals surface area contributed by atoms with Crippen molar-refractivity contribution in [3.8, 4) is 0 Å². The van der Waals surface area contributed by atoms with E-state index in [0.717, 1.165) is 0 Å². The molecule has 0 unspecified atom stereocenters. The second kappa shape index (κ2) is 8.28. The molecule has 0 aliphatic carbocycles. The number of benzene rings is 1. The monoisotopic (exact) mass is 441 g/mol. The van der Waals surface area contributed by atoms with Crippen LogP contribution in [0.1, 0.15) is 28.9 Å². The zero-order valence-corrected chi connectivity index (χ0v) is 16.4. The maximum atomic E-state index is 12.2. The Kier molecular flexibility index (Phi) is 6.05. The summed E-state index contributed by atoms with van der Waals surface area (Å²) in [6.45, 7) is 1.39. The van der Waals surface area contributed by atoms with Gasteiger partial charge in [-0.1, -0.05) is 11.6 Å². The molecule has 0 saturated carbocycles. The lowest BCUT2D eigenvalue weighted by Gasteiger charge is -2.21. The second-order valence-corrected chi connectivity index (χ2v) is 7.09. The molecule has 7 nitrogen and oxygen atoms in total. The third-order valence-corrected chi connectivity index (χ3v) is 5.16. The molecule has 2 aromatic rings. The number of fused-ring (bicyclic) bond motifs is 1. The number of halogens is 2. The molecule has 0 atom stereocenters. The molecule has 1 aromatic heterocycles. The molecule has 1 saturated heterocycles. The molecule has 1 aromatic carbocycles. The van der Waals surface area contributed by atoms with Gasteiger partial charge in [0.2, 0.25) is 5.91 Å². The van der Waals surface area contributed by atoms with Gasteiger partial charge in [0, 0.05) is 23.6 Å². The molecule has 1 amide bonds. The van der Waals surface area contributed by atoms with Crippen LogP contribution in [0.4, 0.5) is 0 Å². The van der Waals surface area contributed by atoms with E-state index < -0.39 is 5.97 Å². The van der Waals surface area contributed by atoms with Crippen molar-refractivity contribution in [2.24, 2.45) is 5.92 Å². The van der Waals surface area contributed by atoms with Crippen molar-refractivity contribution in [3.05, 3.63) is 33.0 Å². The molecule has 3 rings (SSSR count). The van der Waals surface area contributed by atoms with Crippen LogP contribution in [0.2, 0.25) is 5.15 Å². The van der Waals surface area contributed by atoms with Crippen molar-refractivity contribution in [2.75, 3.05) is 20.3 Å². The number of esters is 1. The highest BCUT2D eigenvalue weighted by atomic mass is 79.9. The number of hydrogen-bond acceptors (Lipinski definition) is 6. The molecule has 1 aliphatic rings. The third-order valence-electron chi connectivity index (χ3n) is 4.20. The minimum atomic E-state index is -0.482. The summed E-state index contributed by atoms with van der Waals surface area (Å²) >= 11 is 9.54. The number of methoxy groups -OCH3 is 1. The van der Waals surface area contributed by atoms with Crippen molar-refractivity contribution in [1.82, 2.24) is 15.3 Å². The van der Waals surface area contributed by atoms with Gasteiger partial charge < -0.3 is 14.8 Å². The fourth-order valence-electron chi connectivity index (χ4n) is 2.75. The van der Waals surface area contributed by atoms with E-state index >= 15 is 0 Å². The van der Waals surface area contributed by atoms with Gasteiger partial charge in [0.05, 0.1) is 35.9 Å². The Morgan fingerprint density at radius 3 is 2.69 bits per heavy atom. The lowest BCUT2D eigenvalue weighted by molar-refractivity contribution is -0.128. The van der Waals surface area contributed by atoms with Gasteiger partial charge in [0.1, 0.15) is 0 Å². The van der Waals surface area contributed by atoms with Crippen LogP contribution in [0.15, 0.2) is 16.6 Å². The zero-order valence-electron chi connectivity index (χ0n) is 14.1. The number of hydrogen-bond donors (Lipinski definition) is 1. The van der Waals surface area contributed by atoms with Crippen LogP contribution in [0.3, 0.4) is 0 Å². The summed E-state index contributed by atoms with van der Waals surface area (Å²) in [5.41, 5.74) is 1.84. The number of nitrogens with one attached hydrogen (secondary N) is 1. The Hall–Kier alpha value is -1.77. The maximum Gasteiger partial charge on any atom is 0.339 e. The van der Waals surface area contributed by atoms with Crippen LogP contribution in [-0.2, 0) is 20.8 Å². The normalized spacial score (nSPS) is 15.0. The molecule has 1 N–H and O–H groups in total. The van der Waals surface area contributed by atoms with E-state index in [0.29, 0.717) is 52.8 Å². The number of aromatic nitrogens is 2. The van der Waals surface area contributed by atoms with Gasteiger partial charge in [0.15, 0.2) is 5.15 Å². The van der Waals surface area contributed by atoms with Crippen molar-refractivity contribution >= 4 is 50.4 Å². The first-order valence-corrected chi connectivity index (χ1v) is 9.26. The lowest BCUT2D eigenvalue weighted by atomic mass is 9.99. The van der Waals surface area contributed by atoms with Crippen molar-refractivity contribution < 1.29 is 19.1 Å². The van der Waals surface area contributed by atoms with E-state index in [2.05, 4.69) is 31.2 Å². The van der Waals surface area contributed by atoms with Crippen LogP contribution >= 0.6 is 27.5 Å². The first-order valence-electron chi connectivity index (χ1n) is 8.09. The standard InChI is InChI=1S/C17H17BrClN3O4/c1-25-17(24)10-6-12-13(7-11(10)18)21-14(15(19)22-12)8-20-16(23)9-2-4-26-5-3-9/h6-7,9H,2-5,8H2,1H3,(H,20,23). The highest BCUT2D eigenvalue weighted by molar-refractivity contribution is 9.10. The number of nitrogens with zero attached hydrogens (tertiary/aromatic N) is 2. The Labute approximate surface area is 163 Å². The number of ether oxygens (including phenoxy) is 2. The molecule has 0 radical (unpaired) electrons. The van der Waals surface area contributed by atoms with E-state index in [1.807, 2.05) is 0 Å². The fourth-order valence-corrected chi connectivity index (χ4v) is 3.44. The van der Waals surface area contributed by atoms with Gasteiger partial charge in [-0.2, -0.15) is 0 Å². The Balaban J connectivity index is 1.79. The van der Waals surface area contributed by atoms with E-state index in [9.17, 15) is 9.59 Å². The smallest absolute Gasteiger partial charge is 0.339 e. The maximum absolute atomic E-state index is 12.2. The van der Waals surface area contributed by atoms with Crippen LogP contribution in [0.25, 0.3) is 11.0 Å². The summed E-state index contributed by atoms with van der Waals surface area (Å²) in [5, 5.41) is 3.04. The second-order valence-electron chi connectivity index (χ2n) is 5.88. The van der Waals surface area contributed by atoms with Crippen molar-refractivity contribution in [3.63, 3.8) is 0 Å². The van der Waals surface area contributed by atoms with E-state index in [4.69, 9.17) is 21.1 Å². The summed E-state index contributed by atoms with van der Waals surface area (Å²) in [7, 11) is 1.31. The van der Waals surface area contributed by atoms with Crippen LogP contribution in [0, 0.1) is 5.92 Å². The minimum absolute atomic E-state index is 0.0338. The average molecular weight is 443 g/mol. The first-order chi connectivity index (χ1) is 12.5. The highest BCUT2D eigenvalue weighted by Crippen LogP contribution is 2.25. The first kappa shape index (κ1) is 19.0. The summed E-state index contributed by atoms with van der Waals surface area (Å²) < 4.78 is 10.5. The molecule has 1 aliphatic heterocycles. The molecule has 138 valence electrons. The molecular formula is C17H17BrClN3O4. The fraction of sp³-hybridized carbons (Fsp3) is 0.412. The number of carbonyl (C=O) groups excluding carboxylic acids is 2. The molecule has 1 fully saturated rings. The Morgan fingerprint density at radius 2 is 2.00 bits per heavy atom. The van der Waals surface area contributed by atoms with Gasteiger partial charge >= 0.3 is 5.97 Å². The number of carbonyl (C=O) groups is 2. The van der Waals surface area contributed by atoms with Crippen LogP contribution < -0.4 is 5.32 Å². The largest absolute Gasteiger partial charge is 0.465 e. The molecule has 9 heteroatoms. The molecular weight excluding hydrogens is 426 g/mol. The third kappa shape index (κ3) is 4.13. The predicted molar refractivity (Wildman–Crippen MR) is 99.0 cm³/mol. The van der Waals surface area contributed by atoms with Crippen LogP contribution in [-0.4, -0.2) is 42.2 Å². The molecule has 0 bridgehead atoms. The Bertz CT molecular complexity index is 856. The van der Waals surface area contributed by atoms with E-state index in [1.165, 1.54) is 7.11 Å². The summed E-state index contributed by atoms with van der Waals surface area (Å²) in [4.78, 5) is 32.8. The number of rotatable bonds is 4. The van der Waals surface area contributed by atoms with Crippen molar-refractivity contribution in [1.29, 1.82) is 0 Å². The summed E-state index contributed by atoms with van der Waals surface area (Å²) in [5.74, 6) is -0.564. The van der Waals surface area contributed by atoms with Gasteiger partial charge in [-0.25, -0.2) is 14.8 Å². The number of amides is 1. The molecule has 0 spiro atoms. The predicted octanol–water partition coefficient (Wildman–Crippen LogP) is 2.88. The molecule has 26 heavy (non-hydrogen) atoms. The Morgan fingerprint density at radius 1 is 1.31 bits per heavy atom. The van der Waals surface area contributed by atoms with Crippen molar-refractivity contribution in [2.45, 2.75) is 19.4 Å². The lowest BCUT2D eigenvalue weighted by Crippen LogP contribution is -2.34. The minimum Gasteiger partial charge on any atom is -0.465 e. The van der Waals surface area contributed by atoms with Gasteiger partial charge in [0.25, 0.3) is 0 Å². The van der Waals surface area contributed by atoms with E-state index in [-0.39, 0.29) is 23.5 Å². The van der Waals surface area contributed by atoms with Gasteiger partial charge in [-0.3, -0.25) is 4.79 Å². The van der Waals surface area contributed by atoms with Gasteiger partial charge in [-0.05, 0) is 40.9 Å². The quantitative estimate of drug-likeness (QED) is 0.732. The SMILES string of the molecule is COC(=O)c1cc2nc(Cl)c(CNC(=O)C3CCOCC3)nc2cc1Br. The highest BCUT2D eigenvalue weighted by Gasteiger charge is 2.22. The summed E-state index contributed by atoms with van der Waals surface area (Å²) in [6.07, 6.45) is 1.43. The average Bonchev–Trinajstić information content (AvgIpc) is 2.66. The molecule has 2 heterocycles. The summed E-state index contributed by atoms with van der Waals surface area (Å²) in [6, 6.07) is 3.24. The van der Waals surface area contributed by atoms with Crippen LogP contribution in [0.5, 0.6) is 0 Å². The van der Waals surface area contributed by atoms with Gasteiger partial charge in [-0.15, -0.1) is 0 Å².